The van der Waals surface area contributed by atoms with Gasteiger partial charge in [0.2, 0.25) is 0 Å². The minimum atomic E-state index is -0.492. The van der Waals surface area contributed by atoms with Crippen molar-refractivity contribution in [2.45, 2.75) is 6.92 Å². The van der Waals surface area contributed by atoms with Crippen LogP contribution in [0.25, 0.3) is 0 Å². The Morgan fingerprint density at radius 1 is 1.05 bits per heavy atom. The highest BCUT2D eigenvalue weighted by atomic mass is 16.5. The molecule has 2 aromatic carbocycles. The molecular formula is C14H13NO5. The van der Waals surface area contributed by atoms with E-state index in [1.165, 1.54) is 43.3 Å². The maximum Gasteiger partial charge on any atom is 0.308 e. The summed E-state index contributed by atoms with van der Waals surface area (Å²) in [6.07, 6.45) is 0. The van der Waals surface area contributed by atoms with Gasteiger partial charge in [-0.2, -0.15) is 0 Å². The molecule has 6 heteroatoms. The first-order valence-electron chi connectivity index (χ1n) is 5.73. The zero-order valence-electron chi connectivity index (χ0n) is 10.7. The Labute approximate surface area is 115 Å². The number of hydrogen-bond donors (Lipinski definition) is 3. The van der Waals surface area contributed by atoms with Gasteiger partial charge >= 0.3 is 5.97 Å². The van der Waals surface area contributed by atoms with Crippen LogP contribution in [0.2, 0.25) is 0 Å². The number of nitrogens with two attached hydrogens (primary N) is 1. The number of rotatable bonds is 3. The molecule has 0 spiro atoms. The molecule has 0 atom stereocenters. The quantitative estimate of drug-likeness (QED) is 0.344. The summed E-state index contributed by atoms with van der Waals surface area (Å²) in [7, 11) is 0. The largest absolute Gasteiger partial charge is 0.504 e. The molecule has 2 aromatic rings. The van der Waals surface area contributed by atoms with Crippen LogP contribution in [-0.2, 0) is 4.79 Å². The molecule has 6 nitrogen and oxygen atoms in total. The highest BCUT2D eigenvalue weighted by molar-refractivity contribution is 5.69. The normalized spacial score (nSPS) is 10.1. The molecule has 0 heterocycles. The molecule has 0 radical (unpaired) electrons. The second-order valence-electron chi connectivity index (χ2n) is 4.05. The Hall–Kier alpha value is -2.89. The number of anilines is 1. The van der Waals surface area contributed by atoms with E-state index in [0.717, 1.165) is 0 Å². The van der Waals surface area contributed by atoms with Gasteiger partial charge in [0.05, 0.1) is 0 Å². The molecule has 0 fully saturated rings. The molecule has 0 amide bonds. The molecule has 0 aromatic heterocycles. The Morgan fingerprint density at radius 3 is 2.30 bits per heavy atom. The van der Waals surface area contributed by atoms with Crippen LogP contribution in [0, 0.1) is 0 Å². The minimum absolute atomic E-state index is 0.0321. The van der Waals surface area contributed by atoms with Gasteiger partial charge in [0, 0.05) is 24.7 Å². The lowest BCUT2D eigenvalue weighted by Crippen LogP contribution is -2.01. The number of esters is 1. The van der Waals surface area contributed by atoms with Crippen LogP contribution in [-0.4, -0.2) is 16.2 Å². The molecule has 0 bridgehead atoms. The predicted molar refractivity (Wildman–Crippen MR) is 72.0 cm³/mol. The van der Waals surface area contributed by atoms with Crippen molar-refractivity contribution in [1.29, 1.82) is 0 Å². The lowest BCUT2D eigenvalue weighted by Gasteiger charge is -2.11. The van der Waals surface area contributed by atoms with Crippen LogP contribution in [0.4, 0.5) is 5.69 Å². The van der Waals surface area contributed by atoms with E-state index in [1.54, 1.807) is 0 Å². The third-order valence-electron chi connectivity index (χ3n) is 2.40. The summed E-state index contributed by atoms with van der Waals surface area (Å²) in [4.78, 5) is 10.9. The molecule has 20 heavy (non-hydrogen) atoms. The van der Waals surface area contributed by atoms with Crippen LogP contribution in [0.1, 0.15) is 6.92 Å². The Morgan fingerprint density at radius 2 is 1.65 bits per heavy atom. The number of phenolic OH excluding ortho intramolecular Hbond substituents is 2. The molecule has 0 unspecified atom stereocenters. The van der Waals surface area contributed by atoms with Crippen LogP contribution in [0.3, 0.4) is 0 Å². The number of benzene rings is 2. The summed E-state index contributed by atoms with van der Waals surface area (Å²) in [5.74, 6) is -0.453. The predicted octanol–water partition coefficient (Wildman–Crippen LogP) is 2.40. The van der Waals surface area contributed by atoms with Gasteiger partial charge in [-0.3, -0.25) is 4.79 Å². The summed E-state index contributed by atoms with van der Waals surface area (Å²) >= 11 is 0. The van der Waals surface area contributed by atoms with Gasteiger partial charge in [0.25, 0.3) is 0 Å². The van der Waals surface area contributed by atoms with Gasteiger partial charge in [-0.1, -0.05) is 0 Å². The summed E-state index contributed by atoms with van der Waals surface area (Å²) < 4.78 is 10.3. The van der Waals surface area contributed by atoms with Crippen molar-refractivity contribution >= 4 is 11.7 Å². The molecule has 0 aliphatic carbocycles. The maximum atomic E-state index is 10.9. The lowest BCUT2D eigenvalue weighted by atomic mass is 10.2. The van der Waals surface area contributed by atoms with Crippen molar-refractivity contribution in [1.82, 2.24) is 0 Å². The lowest BCUT2D eigenvalue weighted by molar-refractivity contribution is -0.131. The number of nitrogen functional groups attached to an aromatic ring is 1. The SMILES string of the molecule is CC(=O)Oc1ccc(O)c(Oc2cc(N)ccc2O)c1. The number of carbonyl (C=O) groups excluding carboxylic acids is 1. The number of phenols is 2. The topological polar surface area (TPSA) is 102 Å². The van der Waals surface area contributed by atoms with Gasteiger partial charge in [0.1, 0.15) is 5.75 Å². The number of carbonyl (C=O) groups is 1. The molecule has 0 aliphatic heterocycles. The first-order chi connectivity index (χ1) is 9.45. The van der Waals surface area contributed by atoms with Crippen LogP contribution >= 0.6 is 0 Å². The average molecular weight is 275 g/mol. The average Bonchev–Trinajstić information content (AvgIpc) is 2.37. The first-order valence-corrected chi connectivity index (χ1v) is 5.73. The fourth-order valence-electron chi connectivity index (χ4n) is 1.54. The smallest absolute Gasteiger partial charge is 0.308 e. The fraction of sp³-hybridized carbons (Fsp3) is 0.0714. The second-order valence-corrected chi connectivity index (χ2v) is 4.05. The van der Waals surface area contributed by atoms with Gasteiger partial charge in [-0.15, -0.1) is 0 Å². The number of aromatic hydroxyl groups is 2. The number of ether oxygens (including phenoxy) is 2. The Balaban J connectivity index is 2.32. The maximum absolute atomic E-state index is 10.9. The highest BCUT2D eigenvalue weighted by Crippen LogP contribution is 2.38. The molecular weight excluding hydrogens is 262 g/mol. The molecule has 2 rings (SSSR count). The number of hydrogen-bond acceptors (Lipinski definition) is 6. The Kier molecular flexibility index (Phi) is 3.65. The monoisotopic (exact) mass is 275 g/mol. The highest BCUT2D eigenvalue weighted by Gasteiger charge is 2.10. The third-order valence-corrected chi connectivity index (χ3v) is 2.40. The van der Waals surface area contributed by atoms with E-state index < -0.39 is 5.97 Å². The summed E-state index contributed by atoms with van der Waals surface area (Å²) in [6.45, 7) is 1.26. The molecule has 0 aliphatic rings. The van der Waals surface area contributed by atoms with Gasteiger partial charge in [-0.25, -0.2) is 0 Å². The van der Waals surface area contributed by atoms with Crippen molar-refractivity contribution < 1.29 is 24.5 Å². The van der Waals surface area contributed by atoms with Crippen LogP contribution in [0.5, 0.6) is 28.7 Å². The van der Waals surface area contributed by atoms with Crippen molar-refractivity contribution in [2.24, 2.45) is 0 Å². The molecule has 104 valence electrons. The van der Waals surface area contributed by atoms with E-state index in [2.05, 4.69) is 0 Å². The van der Waals surface area contributed by atoms with E-state index in [1.807, 2.05) is 0 Å². The van der Waals surface area contributed by atoms with Gasteiger partial charge in [0.15, 0.2) is 23.0 Å². The minimum Gasteiger partial charge on any atom is -0.504 e. The zero-order chi connectivity index (χ0) is 14.7. The first kappa shape index (κ1) is 13.5. The summed E-state index contributed by atoms with van der Waals surface area (Å²) in [6, 6.07) is 8.36. The third kappa shape index (κ3) is 3.11. The summed E-state index contributed by atoms with van der Waals surface area (Å²) in [5.41, 5.74) is 5.99. The Bertz CT molecular complexity index is 654. The fourth-order valence-corrected chi connectivity index (χ4v) is 1.54. The van der Waals surface area contributed by atoms with E-state index >= 15 is 0 Å². The standard InChI is InChI=1S/C14H13NO5/c1-8(16)19-10-3-5-12(18)14(7-10)20-13-6-9(15)2-4-11(13)17/h2-7,17-18H,15H2,1H3. The summed E-state index contributed by atoms with van der Waals surface area (Å²) in [5, 5.41) is 19.4. The van der Waals surface area contributed by atoms with Crippen molar-refractivity contribution in [3.8, 4) is 28.7 Å². The van der Waals surface area contributed by atoms with Crippen LogP contribution < -0.4 is 15.2 Å². The van der Waals surface area contributed by atoms with E-state index in [-0.39, 0.29) is 28.7 Å². The zero-order valence-corrected chi connectivity index (χ0v) is 10.7. The van der Waals surface area contributed by atoms with Gasteiger partial charge < -0.3 is 25.4 Å². The molecule has 4 N–H and O–H groups in total. The second kappa shape index (κ2) is 5.40. The van der Waals surface area contributed by atoms with Crippen molar-refractivity contribution in [3.05, 3.63) is 36.4 Å². The van der Waals surface area contributed by atoms with Gasteiger partial charge in [-0.05, 0) is 24.3 Å². The molecule has 0 saturated heterocycles. The van der Waals surface area contributed by atoms with Crippen molar-refractivity contribution in [3.63, 3.8) is 0 Å². The van der Waals surface area contributed by atoms with Crippen molar-refractivity contribution in [2.75, 3.05) is 5.73 Å². The van der Waals surface area contributed by atoms with E-state index in [0.29, 0.717) is 5.69 Å². The van der Waals surface area contributed by atoms with E-state index in [4.69, 9.17) is 15.2 Å². The van der Waals surface area contributed by atoms with E-state index in [9.17, 15) is 15.0 Å². The molecule has 0 saturated carbocycles. The van der Waals surface area contributed by atoms with Crippen LogP contribution in [0.15, 0.2) is 36.4 Å².